The monoisotopic (exact) mass is 524 g/mol. The molecule has 1 N–H and O–H groups in total. The fourth-order valence-electron chi connectivity index (χ4n) is 4.55. The summed E-state index contributed by atoms with van der Waals surface area (Å²) < 4.78 is 51.5. The van der Waals surface area contributed by atoms with Crippen molar-refractivity contribution in [3.63, 3.8) is 0 Å². The summed E-state index contributed by atoms with van der Waals surface area (Å²) >= 11 is 0. The minimum absolute atomic E-state index is 0.121. The van der Waals surface area contributed by atoms with Crippen LogP contribution in [0.25, 0.3) is 5.76 Å². The lowest BCUT2D eigenvalue weighted by Gasteiger charge is -2.26. The molecular formula is C28H23F3N2O5. The maximum atomic E-state index is 13.5. The van der Waals surface area contributed by atoms with Gasteiger partial charge < -0.3 is 19.5 Å². The molecule has 7 nitrogen and oxygen atoms in total. The summed E-state index contributed by atoms with van der Waals surface area (Å²) in [5.41, 5.74) is 0.131. The Morgan fingerprint density at radius 3 is 2.29 bits per heavy atom. The van der Waals surface area contributed by atoms with Gasteiger partial charge >= 0.3 is 6.18 Å². The first-order valence-corrected chi connectivity index (χ1v) is 11.7. The molecule has 3 aromatic rings. The molecule has 2 heterocycles. The zero-order valence-electron chi connectivity index (χ0n) is 20.5. The van der Waals surface area contributed by atoms with Crippen molar-refractivity contribution in [1.82, 2.24) is 0 Å². The Labute approximate surface area is 216 Å². The molecule has 0 spiro atoms. The van der Waals surface area contributed by atoms with E-state index >= 15 is 0 Å². The van der Waals surface area contributed by atoms with Crippen molar-refractivity contribution >= 4 is 28.8 Å². The van der Waals surface area contributed by atoms with E-state index in [4.69, 9.17) is 9.47 Å². The molecule has 0 radical (unpaired) electrons. The van der Waals surface area contributed by atoms with E-state index in [1.165, 1.54) is 24.3 Å². The number of carbonyl (C=O) groups is 2. The third-order valence-electron chi connectivity index (χ3n) is 6.44. The molecule has 0 saturated carbocycles. The van der Waals surface area contributed by atoms with Gasteiger partial charge in [-0.25, -0.2) is 0 Å². The zero-order chi connectivity index (χ0) is 27.2. The lowest BCUT2D eigenvalue weighted by Crippen LogP contribution is -2.29. The summed E-state index contributed by atoms with van der Waals surface area (Å²) in [4.78, 5) is 29.5. The highest BCUT2D eigenvalue weighted by Gasteiger charge is 2.47. The van der Waals surface area contributed by atoms with Gasteiger partial charge in [0.05, 0.1) is 17.2 Å². The molecule has 1 amide bonds. The van der Waals surface area contributed by atoms with E-state index < -0.39 is 35.2 Å². The molecular weight excluding hydrogens is 501 g/mol. The van der Waals surface area contributed by atoms with Crippen LogP contribution in [0.15, 0.2) is 72.3 Å². The minimum atomic E-state index is -4.66. The lowest BCUT2D eigenvalue weighted by atomic mass is 9.94. The Hall–Kier alpha value is -4.47. The number of alkyl halides is 3. The molecule has 1 fully saturated rings. The molecule has 2 aliphatic heterocycles. The second-order valence-electron chi connectivity index (χ2n) is 9.06. The molecule has 1 atom stereocenters. The summed E-state index contributed by atoms with van der Waals surface area (Å²) in [5, 5.41) is 11.3. The smallest absolute Gasteiger partial charge is 0.416 e. The maximum Gasteiger partial charge on any atom is 0.416 e. The van der Waals surface area contributed by atoms with Gasteiger partial charge in [-0.3, -0.25) is 14.5 Å². The average Bonchev–Trinajstić information content (AvgIpc) is 3.17. The molecule has 0 aromatic heterocycles. The third kappa shape index (κ3) is 4.42. The molecule has 3 aromatic carbocycles. The van der Waals surface area contributed by atoms with Crippen LogP contribution in [-0.2, 0) is 15.8 Å². The zero-order valence-corrected chi connectivity index (χ0v) is 20.5. The molecule has 38 heavy (non-hydrogen) atoms. The van der Waals surface area contributed by atoms with E-state index in [-0.39, 0.29) is 16.8 Å². The molecule has 0 aliphatic carbocycles. The standard InChI is InChI=1S/C28H23F3N2O5/c1-32(2)19-9-6-16(7-10-19)24-23(25(34)17-8-11-21-22(14-17)38-13-12-37-21)26(35)27(36)33(24)20-5-3-4-18(15-20)28(29,30)31/h3-11,14-15,24,34H,12-13H2,1-2H3/b25-23-. The number of nitrogens with zero attached hydrogens (tertiary/aromatic N) is 2. The lowest BCUT2D eigenvalue weighted by molar-refractivity contribution is -0.137. The Kier molecular flexibility index (Phi) is 6.26. The number of Topliss-reactive ketones (excluding diaryl/α,β-unsaturated/α-hetero) is 1. The van der Waals surface area contributed by atoms with Crippen molar-refractivity contribution in [3.05, 3.63) is 89.0 Å². The molecule has 0 bridgehead atoms. The molecule has 5 rings (SSSR count). The van der Waals surface area contributed by atoms with Gasteiger partial charge in [0, 0.05) is 31.0 Å². The first kappa shape index (κ1) is 25.2. The van der Waals surface area contributed by atoms with Gasteiger partial charge in [-0.2, -0.15) is 13.2 Å². The SMILES string of the molecule is CN(C)c1ccc(C2/C(=C(/O)c3ccc4c(c3)OCCO4)C(=O)C(=O)N2c2cccc(C(F)(F)F)c2)cc1. The number of hydrogen-bond acceptors (Lipinski definition) is 6. The van der Waals surface area contributed by atoms with Gasteiger partial charge in [-0.05, 0) is 54.1 Å². The van der Waals surface area contributed by atoms with Crippen LogP contribution in [0.1, 0.15) is 22.7 Å². The van der Waals surface area contributed by atoms with Crippen molar-refractivity contribution in [2.24, 2.45) is 0 Å². The molecule has 1 saturated heterocycles. The molecule has 2 aliphatic rings. The average molecular weight is 524 g/mol. The number of halogens is 3. The summed E-state index contributed by atoms with van der Waals surface area (Å²) in [5.74, 6) is -1.72. The predicted molar refractivity (Wildman–Crippen MR) is 134 cm³/mol. The fourth-order valence-corrected chi connectivity index (χ4v) is 4.55. The van der Waals surface area contributed by atoms with E-state index in [0.29, 0.717) is 30.3 Å². The second kappa shape index (κ2) is 9.44. The van der Waals surface area contributed by atoms with Crippen LogP contribution in [0.5, 0.6) is 11.5 Å². The summed E-state index contributed by atoms with van der Waals surface area (Å²) in [6.07, 6.45) is -4.66. The van der Waals surface area contributed by atoms with Crippen molar-refractivity contribution in [2.45, 2.75) is 12.2 Å². The van der Waals surface area contributed by atoms with Crippen molar-refractivity contribution in [1.29, 1.82) is 0 Å². The number of amides is 1. The quantitative estimate of drug-likeness (QED) is 0.288. The Balaban J connectivity index is 1.69. The normalized spacial score (nSPS) is 18.6. The fraction of sp³-hybridized carbons (Fsp3) is 0.214. The molecule has 196 valence electrons. The number of carbonyl (C=O) groups excluding carboxylic acids is 2. The highest BCUT2D eigenvalue weighted by atomic mass is 19.4. The van der Waals surface area contributed by atoms with Crippen LogP contribution < -0.4 is 19.3 Å². The first-order valence-electron chi connectivity index (χ1n) is 11.7. The second-order valence-corrected chi connectivity index (χ2v) is 9.06. The molecule has 1 unspecified atom stereocenters. The first-order chi connectivity index (χ1) is 18.1. The van der Waals surface area contributed by atoms with E-state index in [0.717, 1.165) is 22.7 Å². The maximum absolute atomic E-state index is 13.5. The highest BCUT2D eigenvalue weighted by molar-refractivity contribution is 6.51. The predicted octanol–water partition coefficient (Wildman–Crippen LogP) is 5.17. The number of ether oxygens (including phenoxy) is 2. The number of fused-ring (bicyclic) bond motifs is 1. The molecule has 10 heteroatoms. The van der Waals surface area contributed by atoms with E-state index in [1.807, 2.05) is 19.0 Å². The number of benzene rings is 3. The van der Waals surface area contributed by atoms with Gasteiger partial charge in [-0.1, -0.05) is 18.2 Å². The third-order valence-corrected chi connectivity index (χ3v) is 6.44. The van der Waals surface area contributed by atoms with E-state index in [1.54, 1.807) is 30.3 Å². The van der Waals surface area contributed by atoms with Crippen molar-refractivity contribution in [2.75, 3.05) is 37.1 Å². The number of aliphatic hydroxyl groups excluding tert-OH is 1. The van der Waals surface area contributed by atoms with Crippen molar-refractivity contribution < 1.29 is 37.3 Å². The number of anilines is 2. The summed E-state index contributed by atoms with van der Waals surface area (Å²) in [7, 11) is 3.68. The summed E-state index contributed by atoms with van der Waals surface area (Å²) in [6, 6.07) is 14.5. The number of rotatable bonds is 4. The van der Waals surface area contributed by atoms with Gasteiger partial charge in [0.25, 0.3) is 11.7 Å². The van der Waals surface area contributed by atoms with Crippen LogP contribution in [-0.4, -0.2) is 44.1 Å². The van der Waals surface area contributed by atoms with Crippen molar-refractivity contribution in [3.8, 4) is 11.5 Å². The van der Waals surface area contributed by atoms with E-state index in [9.17, 15) is 27.9 Å². The van der Waals surface area contributed by atoms with Gasteiger partial charge in [0.15, 0.2) is 11.5 Å². The number of ketones is 1. The van der Waals surface area contributed by atoms with Gasteiger partial charge in [-0.15, -0.1) is 0 Å². The van der Waals surface area contributed by atoms with Crippen LogP contribution in [0.4, 0.5) is 24.5 Å². The van der Waals surface area contributed by atoms with Crippen LogP contribution in [0, 0.1) is 0 Å². The summed E-state index contributed by atoms with van der Waals surface area (Å²) in [6.45, 7) is 0.665. The Bertz CT molecular complexity index is 1450. The Morgan fingerprint density at radius 2 is 1.63 bits per heavy atom. The van der Waals surface area contributed by atoms with E-state index in [2.05, 4.69) is 0 Å². The number of aliphatic hydroxyl groups is 1. The topological polar surface area (TPSA) is 79.3 Å². The van der Waals surface area contributed by atoms with Crippen LogP contribution in [0.3, 0.4) is 0 Å². The highest BCUT2D eigenvalue weighted by Crippen LogP contribution is 2.44. The van der Waals surface area contributed by atoms with Crippen LogP contribution >= 0.6 is 0 Å². The van der Waals surface area contributed by atoms with Gasteiger partial charge in [0.2, 0.25) is 0 Å². The minimum Gasteiger partial charge on any atom is -0.507 e. The Morgan fingerprint density at radius 1 is 0.947 bits per heavy atom. The largest absolute Gasteiger partial charge is 0.507 e. The van der Waals surface area contributed by atoms with Crippen LogP contribution in [0.2, 0.25) is 0 Å². The number of hydrogen-bond donors (Lipinski definition) is 1. The van der Waals surface area contributed by atoms with Gasteiger partial charge in [0.1, 0.15) is 19.0 Å².